The third-order valence-corrected chi connectivity index (χ3v) is 3.04. The Bertz CT molecular complexity index is 434. The van der Waals surface area contributed by atoms with Gasteiger partial charge in [0.1, 0.15) is 16.5 Å². The van der Waals surface area contributed by atoms with Gasteiger partial charge in [-0.3, -0.25) is 0 Å². The fourth-order valence-corrected chi connectivity index (χ4v) is 2.16. The van der Waals surface area contributed by atoms with Crippen LogP contribution in [0, 0.1) is 0 Å². The van der Waals surface area contributed by atoms with Crippen LogP contribution in [0.1, 0.15) is 5.56 Å². The van der Waals surface area contributed by atoms with Gasteiger partial charge in [0.05, 0.1) is 0 Å². The van der Waals surface area contributed by atoms with E-state index in [4.69, 9.17) is 11.6 Å². The molecule has 0 radical (unpaired) electrons. The number of benzene rings is 1. The van der Waals surface area contributed by atoms with Gasteiger partial charge in [-0.2, -0.15) is 0 Å². The van der Waals surface area contributed by atoms with Gasteiger partial charge in [0.25, 0.3) is 0 Å². The molecule has 0 N–H and O–H groups in total. The van der Waals surface area contributed by atoms with Crippen molar-refractivity contribution < 1.29 is 0 Å². The van der Waals surface area contributed by atoms with Gasteiger partial charge in [0.15, 0.2) is 0 Å². The van der Waals surface area contributed by atoms with Crippen LogP contribution in [0.2, 0.25) is 5.15 Å². The van der Waals surface area contributed by atoms with Crippen LogP contribution in [0.15, 0.2) is 47.8 Å². The molecule has 2 aromatic rings. The highest BCUT2D eigenvalue weighted by atomic mass is 35.5. The highest BCUT2D eigenvalue weighted by molar-refractivity contribution is 7.98. The van der Waals surface area contributed by atoms with E-state index in [0.29, 0.717) is 5.15 Å². The molecule has 1 heterocycles. The van der Waals surface area contributed by atoms with Gasteiger partial charge < -0.3 is 0 Å². The molecule has 2 rings (SSSR count). The van der Waals surface area contributed by atoms with Crippen LogP contribution < -0.4 is 0 Å². The fraction of sp³-hybridized carbons (Fsp3) is 0.0909. The van der Waals surface area contributed by atoms with Crippen LogP contribution in [-0.2, 0) is 5.75 Å². The number of hydrogen-bond donors (Lipinski definition) is 0. The molecule has 4 heteroatoms. The number of hydrogen-bond acceptors (Lipinski definition) is 3. The van der Waals surface area contributed by atoms with Crippen molar-refractivity contribution >= 4 is 23.4 Å². The third kappa shape index (κ3) is 3.22. The van der Waals surface area contributed by atoms with E-state index >= 15 is 0 Å². The number of nitrogens with zero attached hydrogens (tertiary/aromatic N) is 2. The molecule has 76 valence electrons. The molecule has 0 spiro atoms. The predicted octanol–water partition coefficient (Wildman–Crippen LogP) is 3.42. The Balaban J connectivity index is 1.99. The van der Waals surface area contributed by atoms with Crippen LogP contribution in [0.4, 0.5) is 0 Å². The molecule has 0 amide bonds. The van der Waals surface area contributed by atoms with Crippen LogP contribution in [0.25, 0.3) is 0 Å². The Kier molecular flexibility index (Phi) is 3.59. The molecular formula is C11H9ClN2S. The summed E-state index contributed by atoms with van der Waals surface area (Å²) in [4.78, 5) is 7.96. The fourth-order valence-electron chi connectivity index (χ4n) is 1.13. The molecule has 0 fully saturated rings. The van der Waals surface area contributed by atoms with Crippen LogP contribution in [0.5, 0.6) is 0 Å². The molecule has 2 nitrogen and oxygen atoms in total. The molecule has 15 heavy (non-hydrogen) atoms. The maximum absolute atomic E-state index is 5.76. The summed E-state index contributed by atoms with van der Waals surface area (Å²) in [5, 5.41) is 1.39. The average molecular weight is 237 g/mol. The van der Waals surface area contributed by atoms with E-state index in [1.165, 1.54) is 11.9 Å². The van der Waals surface area contributed by atoms with E-state index in [1.54, 1.807) is 17.8 Å². The second-order valence-electron chi connectivity index (χ2n) is 2.95. The smallest absolute Gasteiger partial charge is 0.133 e. The first-order valence-electron chi connectivity index (χ1n) is 4.49. The predicted molar refractivity (Wildman–Crippen MR) is 63.0 cm³/mol. The summed E-state index contributed by atoms with van der Waals surface area (Å²) < 4.78 is 0. The number of aromatic nitrogens is 2. The van der Waals surface area contributed by atoms with E-state index in [1.807, 2.05) is 18.2 Å². The SMILES string of the molecule is Clc1cc(SCc2ccccc2)ncn1. The van der Waals surface area contributed by atoms with Crippen LogP contribution in [-0.4, -0.2) is 9.97 Å². The third-order valence-electron chi connectivity index (χ3n) is 1.84. The van der Waals surface area contributed by atoms with E-state index in [2.05, 4.69) is 22.1 Å². The second kappa shape index (κ2) is 5.14. The normalized spacial score (nSPS) is 10.2. The van der Waals surface area contributed by atoms with E-state index in [-0.39, 0.29) is 0 Å². The van der Waals surface area contributed by atoms with Gasteiger partial charge in [-0.15, -0.1) is 11.8 Å². The Morgan fingerprint density at radius 3 is 2.67 bits per heavy atom. The van der Waals surface area contributed by atoms with Crippen molar-refractivity contribution in [2.45, 2.75) is 10.8 Å². The lowest BCUT2D eigenvalue weighted by Crippen LogP contribution is -1.84. The molecule has 0 aliphatic carbocycles. The van der Waals surface area contributed by atoms with Crippen molar-refractivity contribution in [2.24, 2.45) is 0 Å². The summed E-state index contributed by atoms with van der Waals surface area (Å²) in [6.45, 7) is 0. The Morgan fingerprint density at radius 1 is 1.13 bits per heavy atom. The van der Waals surface area contributed by atoms with Gasteiger partial charge in [0, 0.05) is 11.8 Å². The maximum atomic E-state index is 5.76. The largest absolute Gasteiger partial charge is 0.230 e. The molecule has 0 saturated carbocycles. The molecule has 1 aromatic heterocycles. The molecular weight excluding hydrogens is 228 g/mol. The molecule has 0 aliphatic heterocycles. The molecule has 1 aromatic carbocycles. The first-order valence-corrected chi connectivity index (χ1v) is 5.85. The molecule has 0 atom stereocenters. The minimum atomic E-state index is 0.487. The average Bonchev–Trinajstić information content (AvgIpc) is 2.28. The van der Waals surface area contributed by atoms with E-state index in [9.17, 15) is 0 Å². The van der Waals surface area contributed by atoms with Gasteiger partial charge in [-0.1, -0.05) is 41.9 Å². The van der Waals surface area contributed by atoms with E-state index in [0.717, 1.165) is 10.8 Å². The van der Waals surface area contributed by atoms with Gasteiger partial charge in [-0.25, -0.2) is 9.97 Å². The summed E-state index contributed by atoms with van der Waals surface area (Å²) in [5.74, 6) is 0.897. The van der Waals surface area contributed by atoms with Crippen molar-refractivity contribution in [3.05, 3.63) is 53.4 Å². The van der Waals surface area contributed by atoms with Crippen molar-refractivity contribution in [1.29, 1.82) is 0 Å². The van der Waals surface area contributed by atoms with Crippen molar-refractivity contribution in [2.75, 3.05) is 0 Å². The maximum Gasteiger partial charge on any atom is 0.133 e. The van der Waals surface area contributed by atoms with Crippen molar-refractivity contribution in [1.82, 2.24) is 9.97 Å². The summed E-state index contributed by atoms with van der Waals surface area (Å²) in [6, 6.07) is 12.0. The first kappa shape index (κ1) is 10.5. The molecule has 0 bridgehead atoms. The summed E-state index contributed by atoms with van der Waals surface area (Å²) in [7, 11) is 0. The van der Waals surface area contributed by atoms with Gasteiger partial charge in [-0.05, 0) is 5.56 Å². The zero-order valence-corrected chi connectivity index (χ0v) is 9.50. The second-order valence-corrected chi connectivity index (χ2v) is 4.34. The lowest BCUT2D eigenvalue weighted by molar-refractivity contribution is 1.05. The highest BCUT2D eigenvalue weighted by Crippen LogP contribution is 2.21. The monoisotopic (exact) mass is 236 g/mol. The topological polar surface area (TPSA) is 25.8 Å². The summed E-state index contributed by atoms with van der Waals surface area (Å²) in [6.07, 6.45) is 1.48. The van der Waals surface area contributed by atoms with Crippen LogP contribution in [0.3, 0.4) is 0 Å². The van der Waals surface area contributed by atoms with Crippen LogP contribution >= 0.6 is 23.4 Å². The molecule has 0 saturated heterocycles. The number of halogens is 1. The Labute approximate surface area is 97.7 Å². The summed E-state index contributed by atoms with van der Waals surface area (Å²) >= 11 is 7.41. The van der Waals surface area contributed by atoms with Crippen molar-refractivity contribution in [3.63, 3.8) is 0 Å². The van der Waals surface area contributed by atoms with Gasteiger partial charge >= 0.3 is 0 Å². The highest BCUT2D eigenvalue weighted by Gasteiger charge is 1.98. The zero-order valence-electron chi connectivity index (χ0n) is 7.93. The zero-order chi connectivity index (χ0) is 10.5. The Hall–Kier alpha value is -1.06. The lowest BCUT2D eigenvalue weighted by Gasteiger charge is -2.00. The first-order chi connectivity index (χ1) is 7.34. The number of rotatable bonds is 3. The van der Waals surface area contributed by atoms with Crippen molar-refractivity contribution in [3.8, 4) is 0 Å². The summed E-state index contributed by atoms with van der Waals surface area (Å²) in [5.41, 5.74) is 1.28. The quantitative estimate of drug-likeness (QED) is 0.603. The van der Waals surface area contributed by atoms with Gasteiger partial charge in [0.2, 0.25) is 0 Å². The lowest BCUT2D eigenvalue weighted by atomic mass is 10.2. The minimum absolute atomic E-state index is 0.487. The van der Waals surface area contributed by atoms with E-state index < -0.39 is 0 Å². The molecule has 0 unspecified atom stereocenters. The standard InChI is InChI=1S/C11H9ClN2S/c12-10-6-11(14-8-13-10)15-7-9-4-2-1-3-5-9/h1-6,8H,7H2. The minimum Gasteiger partial charge on any atom is -0.230 e. The molecule has 0 aliphatic rings. The Morgan fingerprint density at radius 2 is 1.93 bits per heavy atom. The number of thioether (sulfide) groups is 1.